The van der Waals surface area contributed by atoms with E-state index in [0.29, 0.717) is 23.8 Å². The SMILES string of the molecule is Cc1cccc(NC(=O)NCC2CCCN2C)c1C(=O)O. The van der Waals surface area contributed by atoms with Crippen LogP contribution in [-0.4, -0.2) is 48.2 Å². The Labute approximate surface area is 124 Å². The molecule has 1 aromatic rings. The molecule has 2 rings (SSSR count). The summed E-state index contributed by atoms with van der Waals surface area (Å²) in [5.41, 5.74) is 1.07. The molecule has 3 N–H and O–H groups in total. The number of nitrogens with one attached hydrogen (secondary N) is 2. The minimum atomic E-state index is -1.04. The highest BCUT2D eigenvalue weighted by Gasteiger charge is 2.21. The lowest BCUT2D eigenvalue weighted by Crippen LogP contribution is -2.40. The molecule has 1 aliphatic rings. The lowest BCUT2D eigenvalue weighted by molar-refractivity contribution is 0.0697. The van der Waals surface area contributed by atoms with Crippen molar-refractivity contribution in [3.05, 3.63) is 29.3 Å². The maximum absolute atomic E-state index is 11.9. The summed E-state index contributed by atoms with van der Waals surface area (Å²) in [7, 11) is 2.04. The van der Waals surface area contributed by atoms with E-state index in [4.69, 9.17) is 0 Å². The molecule has 1 aromatic carbocycles. The first-order valence-electron chi connectivity index (χ1n) is 7.07. The number of carbonyl (C=O) groups excluding carboxylic acids is 1. The Morgan fingerprint density at radius 2 is 2.19 bits per heavy atom. The van der Waals surface area contributed by atoms with E-state index >= 15 is 0 Å². The fraction of sp³-hybridized carbons (Fsp3) is 0.467. The Bertz CT molecular complexity index is 545. The van der Waals surface area contributed by atoms with E-state index < -0.39 is 5.97 Å². The van der Waals surface area contributed by atoms with Crippen LogP contribution in [0.2, 0.25) is 0 Å². The van der Waals surface area contributed by atoms with Crippen LogP contribution in [0.5, 0.6) is 0 Å². The number of hydrogen-bond donors (Lipinski definition) is 3. The van der Waals surface area contributed by atoms with Gasteiger partial charge in [-0.15, -0.1) is 0 Å². The summed E-state index contributed by atoms with van der Waals surface area (Å²) in [6.45, 7) is 3.32. The zero-order valence-electron chi connectivity index (χ0n) is 12.3. The fourth-order valence-electron chi connectivity index (χ4n) is 2.67. The van der Waals surface area contributed by atoms with E-state index in [2.05, 4.69) is 15.5 Å². The highest BCUT2D eigenvalue weighted by Crippen LogP contribution is 2.19. The summed E-state index contributed by atoms with van der Waals surface area (Å²) < 4.78 is 0. The fourth-order valence-corrected chi connectivity index (χ4v) is 2.67. The van der Waals surface area contributed by atoms with Crippen LogP contribution < -0.4 is 10.6 Å². The van der Waals surface area contributed by atoms with Gasteiger partial charge in [-0.2, -0.15) is 0 Å². The van der Waals surface area contributed by atoms with Gasteiger partial charge < -0.3 is 20.6 Å². The maximum Gasteiger partial charge on any atom is 0.338 e. The average molecular weight is 291 g/mol. The molecule has 0 bridgehead atoms. The third-order valence-electron chi connectivity index (χ3n) is 3.90. The number of urea groups is 1. The van der Waals surface area contributed by atoms with E-state index in [-0.39, 0.29) is 11.6 Å². The average Bonchev–Trinajstić information content (AvgIpc) is 2.81. The molecule has 2 amide bonds. The van der Waals surface area contributed by atoms with E-state index in [0.717, 1.165) is 19.4 Å². The zero-order chi connectivity index (χ0) is 15.4. The van der Waals surface area contributed by atoms with Gasteiger partial charge in [0.2, 0.25) is 0 Å². The molecule has 0 saturated carbocycles. The van der Waals surface area contributed by atoms with Gasteiger partial charge in [0.25, 0.3) is 0 Å². The third kappa shape index (κ3) is 3.72. The maximum atomic E-state index is 11.9. The number of hydrogen-bond acceptors (Lipinski definition) is 3. The van der Waals surface area contributed by atoms with Crippen LogP contribution in [0.1, 0.15) is 28.8 Å². The molecule has 0 spiro atoms. The number of nitrogens with zero attached hydrogens (tertiary/aromatic N) is 1. The topological polar surface area (TPSA) is 81.7 Å². The molecule has 114 valence electrons. The Hall–Kier alpha value is -2.08. The summed E-state index contributed by atoms with van der Waals surface area (Å²) in [6, 6.07) is 5.01. The largest absolute Gasteiger partial charge is 0.478 e. The number of likely N-dealkylation sites (N-methyl/N-ethyl adjacent to an activating group) is 1. The molecule has 1 saturated heterocycles. The second-order valence-electron chi connectivity index (χ2n) is 5.41. The molecule has 0 radical (unpaired) electrons. The number of amides is 2. The smallest absolute Gasteiger partial charge is 0.338 e. The summed E-state index contributed by atoms with van der Waals surface area (Å²) in [5, 5.41) is 14.6. The van der Waals surface area contributed by atoms with E-state index in [1.165, 1.54) is 0 Å². The number of carbonyl (C=O) groups is 2. The number of benzene rings is 1. The standard InChI is InChI=1S/C15H21N3O3/c1-10-5-3-7-12(13(10)14(19)20)17-15(21)16-9-11-6-4-8-18(11)2/h3,5,7,11H,4,6,8-9H2,1-2H3,(H,19,20)(H2,16,17,21). The predicted octanol–water partition coefficient (Wildman–Crippen LogP) is 1.91. The lowest BCUT2D eigenvalue weighted by atomic mass is 10.1. The van der Waals surface area contributed by atoms with Gasteiger partial charge in [-0.05, 0) is 45.0 Å². The van der Waals surface area contributed by atoms with E-state index in [1.54, 1.807) is 25.1 Å². The molecule has 0 aromatic heterocycles. The number of aryl methyl sites for hydroxylation is 1. The van der Waals surface area contributed by atoms with Crippen LogP contribution in [-0.2, 0) is 0 Å². The number of carboxylic acids is 1. The van der Waals surface area contributed by atoms with Crippen molar-refractivity contribution in [3.63, 3.8) is 0 Å². The molecule has 1 heterocycles. The first-order chi connectivity index (χ1) is 9.99. The highest BCUT2D eigenvalue weighted by molar-refractivity contribution is 6.01. The van der Waals surface area contributed by atoms with Gasteiger partial charge >= 0.3 is 12.0 Å². The number of anilines is 1. The third-order valence-corrected chi connectivity index (χ3v) is 3.90. The van der Waals surface area contributed by atoms with Crippen molar-refractivity contribution in [1.29, 1.82) is 0 Å². The van der Waals surface area contributed by atoms with Crippen LogP contribution in [0.25, 0.3) is 0 Å². The highest BCUT2D eigenvalue weighted by atomic mass is 16.4. The van der Waals surface area contributed by atoms with Gasteiger partial charge in [0.05, 0.1) is 11.3 Å². The van der Waals surface area contributed by atoms with Crippen LogP contribution >= 0.6 is 0 Å². The van der Waals surface area contributed by atoms with Crippen molar-refractivity contribution < 1.29 is 14.7 Å². The molecule has 1 aliphatic heterocycles. The molecule has 1 atom stereocenters. The molecular formula is C15H21N3O3. The Morgan fingerprint density at radius 3 is 2.81 bits per heavy atom. The van der Waals surface area contributed by atoms with Crippen molar-refractivity contribution >= 4 is 17.7 Å². The Balaban J connectivity index is 1.97. The monoisotopic (exact) mass is 291 g/mol. The number of aromatic carboxylic acids is 1. The molecule has 21 heavy (non-hydrogen) atoms. The number of rotatable bonds is 4. The molecule has 6 heteroatoms. The van der Waals surface area contributed by atoms with Crippen LogP contribution in [0.15, 0.2) is 18.2 Å². The van der Waals surface area contributed by atoms with Gasteiger partial charge in [0, 0.05) is 12.6 Å². The predicted molar refractivity (Wildman–Crippen MR) is 80.8 cm³/mol. The van der Waals surface area contributed by atoms with Gasteiger partial charge in [-0.25, -0.2) is 9.59 Å². The van der Waals surface area contributed by atoms with E-state index in [1.807, 2.05) is 7.05 Å². The summed E-state index contributed by atoms with van der Waals surface area (Å²) in [4.78, 5) is 25.4. The van der Waals surface area contributed by atoms with Crippen molar-refractivity contribution in [3.8, 4) is 0 Å². The number of likely N-dealkylation sites (tertiary alicyclic amines) is 1. The Kier molecular flexibility index (Phi) is 4.80. The van der Waals surface area contributed by atoms with E-state index in [9.17, 15) is 14.7 Å². The lowest BCUT2D eigenvalue weighted by Gasteiger charge is -2.20. The molecular weight excluding hydrogens is 270 g/mol. The first-order valence-corrected chi connectivity index (χ1v) is 7.07. The molecule has 6 nitrogen and oxygen atoms in total. The van der Waals surface area contributed by atoms with Crippen LogP contribution in [0.3, 0.4) is 0 Å². The van der Waals surface area contributed by atoms with Gasteiger partial charge in [-0.1, -0.05) is 12.1 Å². The molecule has 1 unspecified atom stereocenters. The van der Waals surface area contributed by atoms with Crippen molar-refractivity contribution in [2.24, 2.45) is 0 Å². The molecule has 0 aliphatic carbocycles. The summed E-state index contributed by atoms with van der Waals surface area (Å²) in [5.74, 6) is -1.04. The van der Waals surface area contributed by atoms with Gasteiger partial charge in [-0.3, -0.25) is 0 Å². The zero-order valence-corrected chi connectivity index (χ0v) is 12.3. The summed E-state index contributed by atoms with van der Waals surface area (Å²) >= 11 is 0. The van der Waals surface area contributed by atoms with Crippen LogP contribution in [0, 0.1) is 6.92 Å². The first kappa shape index (κ1) is 15.3. The van der Waals surface area contributed by atoms with Crippen molar-refractivity contribution in [1.82, 2.24) is 10.2 Å². The Morgan fingerprint density at radius 1 is 1.43 bits per heavy atom. The van der Waals surface area contributed by atoms with Crippen molar-refractivity contribution in [2.45, 2.75) is 25.8 Å². The van der Waals surface area contributed by atoms with Crippen LogP contribution in [0.4, 0.5) is 10.5 Å². The second-order valence-corrected chi connectivity index (χ2v) is 5.41. The normalized spacial score (nSPS) is 18.5. The molecule has 1 fully saturated rings. The second kappa shape index (κ2) is 6.58. The van der Waals surface area contributed by atoms with Gasteiger partial charge in [0.1, 0.15) is 0 Å². The van der Waals surface area contributed by atoms with Gasteiger partial charge in [0.15, 0.2) is 0 Å². The minimum Gasteiger partial charge on any atom is -0.478 e. The minimum absolute atomic E-state index is 0.130. The quantitative estimate of drug-likeness (QED) is 0.791. The van der Waals surface area contributed by atoms with Crippen molar-refractivity contribution in [2.75, 3.05) is 25.5 Å². The number of carboxylic acid groups (broad SMARTS) is 1. The summed E-state index contributed by atoms with van der Waals surface area (Å²) in [6.07, 6.45) is 2.22.